The Morgan fingerprint density at radius 2 is 2.20 bits per heavy atom. The molecule has 0 aromatic heterocycles. The number of hydrogen-bond acceptors (Lipinski definition) is 3. The van der Waals surface area contributed by atoms with Gasteiger partial charge in [-0.15, -0.1) is 0 Å². The van der Waals surface area contributed by atoms with Crippen LogP contribution in [0.3, 0.4) is 0 Å². The summed E-state index contributed by atoms with van der Waals surface area (Å²) in [6, 6.07) is 7.54. The van der Waals surface area contributed by atoms with E-state index >= 15 is 0 Å². The molecule has 0 fully saturated rings. The Labute approximate surface area is 120 Å². The van der Waals surface area contributed by atoms with E-state index in [0.717, 1.165) is 24.2 Å². The van der Waals surface area contributed by atoms with E-state index < -0.39 is 0 Å². The van der Waals surface area contributed by atoms with Crippen molar-refractivity contribution >= 4 is 12.0 Å². The first kappa shape index (κ1) is 16.2. The summed E-state index contributed by atoms with van der Waals surface area (Å²) in [5.74, 6) is 0.914. The van der Waals surface area contributed by atoms with Gasteiger partial charge in [-0.3, -0.25) is 4.79 Å². The predicted molar refractivity (Wildman–Crippen MR) is 80.5 cm³/mol. The lowest BCUT2D eigenvalue weighted by molar-refractivity contribution is -0.116. The van der Waals surface area contributed by atoms with Crippen LogP contribution in [0.15, 0.2) is 30.3 Å². The van der Waals surface area contributed by atoms with Crippen molar-refractivity contribution in [3.05, 3.63) is 35.9 Å². The highest BCUT2D eigenvalue weighted by Gasteiger charge is 2.01. The number of nitrogens with one attached hydrogen (secondary N) is 1. The largest absolute Gasteiger partial charge is 0.496 e. The average molecular weight is 277 g/mol. The fourth-order valence-electron chi connectivity index (χ4n) is 1.78. The summed E-state index contributed by atoms with van der Waals surface area (Å²) in [6.45, 7) is 2.81. The van der Waals surface area contributed by atoms with Gasteiger partial charge < -0.3 is 15.2 Å². The zero-order valence-electron chi connectivity index (χ0n) is 12.1. The number of rotatable bonds is 8. The number of benzene rings is 1. The second-order valence-electron chi connectivity index (χ2n) is 4.80. The normalized spacial score (nSPS) is 12.3. The van der Waals surface area contributed by atoms with E-state index in [9.17, 15) is 4.79 Å². The Bertz CT molecular complexity index is 443. The number of hydrogen-bond donors (Lipinski definition) is 2. The summed E-state index contributed by atoms with van der Waals surface area (Å²) in [5, 5.41) is 11.7. The SMILES string of the molecule is COc1ccccc1/C=C/C(=O)NCCCC(C)CO. The molecule has 2 N–H and O–H groups in total. The quantitative estimate of drug-likeness (QED) is 0.566. The van der Waals surface area contributed by atoms with Crippen molar-refractivity contribution in [3.8, 4) is 5.75 Å². The lowest BCUT2D eigenvalue weighted by Gasteiger charge is -2.07. The molecule has 4 heteroatoms. The van der Waals surface area contributed by atoms with Crippen LogP contribution in [0.25, 0.3) is 6.08 Å². The number of methoxy groups -OCH3 is 1. The smallest absolute Gasteiger partial charge is 0.244 e. The van der Waals surface area contributed by atoms with Gasteiger partial charge in [0, 0.05) is 24.8 Å². The lowest BCUT2D eigenvalue weighted by atomic mass is 10.1. The van der Waals surface area contributed by atoms with E-state index in [4.69, 9.17) is 9.84 Å². The number of aliphatic hydroxyl groups excluding tert-OH is 1. The number of para-hydroxylation sites is 1. The van der Waals surface area contributed by atoms with Crippen LogP contribution in [0.2, 0.25) is 0 Å². The van der Waals surface area contributed by atoms with Gasteiger partial charge in [-0.25, -0.2) is 0 Å². The molecule has 0 aliphatic carbocycles. The number of carbonyl (C=O) groups is 1. The molecular formula is C16H23NO3. The molecule has 110 valence electrons. The van der Waals surface area contributed by atoms with Crippen LogP contribution in [-0.4, -0.2) is 31.3 Å². The van der Waals surface area contributed by atoms with Gasteiger partial charge in [0.25, 0.3) is 0 Å². The number of ether oxygens (including phenoxy) is 1. The van der Waals surface area contributed by atoms with E-state index in [1.54, 1.807) is 13.2 Å². The van der Waals surface area contributed by atoms with E-state index in [2.05, 4.69) is 5.32 Å². The van der Waals surface area contributed by atoms with E-state index in [0.29, 0.717) is 6.54 Å². The van der Waals surface area contributed by atoms with Gasteiger partial charge in [-0.05, 0) is 30.9 Å². The summed E-state index contributed by atoms with van der Waals surface area (Å²) >= 11 is 0. The maximum Gasteiger partial charge on any atom is 0.244 e. The number of aliphatic hydroxyl groups is 1. The zero-order chi connectivity index (χ0) is 14.8. The standard InChI is InChI=1S/C16H23NO3/c1-13(12-18)6-5-11-17-16(19)10-9-14-7-3-4-8-15(14)20-2/h3-4,7-10,13,18H,5-6,11-12H2,1-2H3,(H,17,19)/b10-9+. The van der Waals surface area contributed by atoms with Crippen molar-refractivity contribution in [3.63, 3.8) is 0 Å². The minimum absolute atomic E-state index is 0.118. The highest BCUT2D eigenvalue weighted by molar-refractivity contribution is 5.92. The Balaban J connectivity index is 2.36. The van der Waals surface area contributed by atoms with Crippen molar-refractivity contribution in [2.45, 2.75) is 19.8 Å². The van der Waals surface area contributed by atoms with Crippen LogP contribution >= 0.6 is 0 Å². The van der Waals surface area contributed by atoms with Crippen LogP contribution in [0, 0.1) is 5.92 Å². The highest BCUT2D eigenvalue weighted by atomic mass is 16.5. The molecule has 0 bridgehead atoms. The summed E-state index contributed by atoms with van der Waals surface area (Å²) in [6.07, 6.45) is 5.03. The summed E-state index contributed by atoms with van der Waals surface area (Å²) in [5.41, 5.74) is 0.874. The molecule has 0 saturated heterocycles. The monoisotopic (exact) mass is 277 g/mol. The first-order valence-electron chi connectivity index (χ1n) is 6.87. The van der Waals surface area contributed by atoms with Crippen molar-refractivity contribution in [2.24, 2.45) is 5.92 Å². The minimum Gasteiger partial charge on any atom is -0.496 e. The molecule has 0 spiro atoms. The van der Waals surface area contributed by atoms with Crippen LogP contribution in [0.5, 0.6) is 5.75 Å². The molecule has 0 aliphatic rings. The van der Waals surface area contributed by atoms with Gasteiger partial charge in [-0.1, -0.05) is 25.1 Å². The van der Waals surface area contributed by atoms with Crippen LogP contribution in [0.4, 0.5) is 0 Å². The molecule has 0 radical (unpaired) electrons. The van der Waals surface area contributed by atoms with E-state index in [-0.39, 0.29) is 18.4 Å². The molecule has 0 heterocycles. The topological polar surface area (TPSA) is 58.6 Å². The molecule has 1 aromatic carbocycles. The Morgan fingerprint density at radius 1 is 1.45 bits per heavy atom. The summed E-state index contributed by atoms with van der Waals surface area (Å²) < 4.78 is 5.21. The van der Waals surface area contributed by atoms with Gasteiger partial charge in [0.2, 0.25) is 5.91 Å². The van der Waals surface area contributed by atoms with Crippen LogP contribution in [0.1, 0.15) is 25.3 Å². The fraction of sp³-hybridized carbons (Fsp3) is 0.438. The molecule has 0 saturated carbocycles. The molecule has 4 nitrogen and oxygen atoms in total. The molecule has 1 unspecified atom stereocenters. The number of amides is 1. The molecule has 0 aliphatic heterocycles. The van der Waals surface area contributed by atoms with E-state index in [1.165, 1.54) is 6.08 Å². The predicted octanol–water partition coefficient (Wildman–Crippen LogP) is 2.23. The first-order chi connectivity index (χ1) is 9.67. The molecule has 1 aromatic rings. The van der Waals surface area contributed by atoms with E-state index in [1.807, 2.05) is 31.2 Å². The third-order valence-corrected chi connectivity index (χ3v) is 3.04. The summed E-state index contributed by atoms with van der Waals surface area (Å²) in [7, 11) is 1.61. The third kappa shape index (κ3) is 5.89. The van der Waals surface area contributed by atoms with Gasteiger partial charge >= 0.3 is 0 Å². The minimum atomic E-state index is -0.118. The molecule has 1 atom stereocenters. The number of carbonyl (C=O) groups excluding carboxylic acids is 1. The van der Waals surface area contributed by atoms with Gasteiger partial charge in [-0.2, -0.15) is 0 Å². The molecular weight excluding hydrogens is 254 g/mol. The first-order valence-corrected chi connectivity index (χ1v) is 6.87. The van der Waals surface area contributed by atoms with Gasteiger partial charge in [0.15, 0.2) is 0 Å². The Morgan fingerprint density at radius 3 is 2.90 bits per heavy atom. The molecule has 20 heavy (non-hydrogen) atoms. The van der Waals surface area contributed by atoms with Gasteiger partial charge in [0.1, 0.15) is 5.75 Å². The lowest BCUT2D eigenvalue weighted by Crippen LogP contribution is -2.22. The second-order valence-corrected chi connectivity index (χ2v) is 4.80. The Kier molecular flexibility index (Phi) is 7.43. The van der Waals surface area contributed by atoms with Crippen molar-refractivity contribution in [1.82, 2.24) is 5.32 Å². The average Bonchev–Trinajstić information content (AvgIpc) is 2.49. The maximum atomic E-state index is 11.6. The van der Waals surface area contributed by atoms with Crippen molar-refractivity contribution in [1.29, 1.82) is 0 Å². The molecule has 1 rings (SSSR count). The molecule has 1 amide bonds. The van der Waals surface area contributed by atoms with Crippen LogP contribution < -0.4 is 10.1 Å². The van der Waals surface area contributed by atoms with Crippen molar-refractivity contribution < 1.29 is 14.6 Å². The Hall–Kier alpha value is -1.81. The second kappa shape index (κ2) is 9.15. The van der Waals surface area contributed by atoms with Gasteiger partial charge in [0.05, 0.1) is 7.11 Å². The zero-order valence-corrected chi connectivity index (χ0v) is 12.1. The summed E-state index contributed by atoms with van der Waals surface area (Å²) in [4.78, 5) is 11.6. The van der Waals surface area contributed by atoms with Crippen LogP contribution in [-0.2, 0) is 4.79 Å². The fourth-order valence-corrected chi connectivity index (χ4v) is 1.78. The van der Waals surface area contributed by atoms with Crippen molar-refractivity contribution in [2.75, 3.05) is 20.3 Å². The highest BCUT2D eigenvalue weighted by Crippen LogP contribution is 2.18. The maximum absolute atomic E-state index is 11.6. The third-order valence-electron chi connectivity index (χ3n) is 3.04.